The molecule has 1 fully saturated rings. The first-order chi connectivity index (χ1) is 14.2. The van der Waals surface area contributed by atoms with Crippen molar-refractivity contribution in [3.05, 3.63) is 77.7 Å². The Labute approximate surface area is 168 Å². The number of furan rings is 1. The zero-order valence-electron chi connectivity index (χ0n) is 16.0. The Morgan fingerprint density at radius 1 is 1.03 bits per heavy atom. The third kappa shape index (κ3) is 5.10. The molecular weight excluding hydrogens is 375 g/mol. The van der Waals surface area contributed by atoms with Crippen molar-refractivity contribution >= 4 is 5.91 Å². The number of amides is 1. The van der Waals surface area contributed by atoms with Gasteiger partial charge in [-0.1, -0.05) is 18.2 Å². The molecule has 3 heterocycles. The minimum Gasteiger partial charge on any atom is -0.467 e. The van der Waals surface area contributed by atoms with E-state index in [0.29, 0.717) is 31.3 Å². The Kier molecular flexibility index (Phi) is 6.02. The lowest BCUT2D eigenvalue weighted by atomic mass is 10.2. The van der Waals surface area contributed by atoms with Gasteiger partial charge in [0.05, 0.1) is 19.4 Å². The standard InChI is InChI=1S/C21H23FN4O3/c22-18-6-2-1-4-16(18)13-25-7-9-26(10-8-25)14-20-24-19(15-29-20)21(27)23-12-17-5-3-11-28-17/h1-6,11,15H,7-10,12-14H2,(H,23,27). The van der Waals surface area contributed by atoms with Crippen LogP contribution in [0.25, 0.3) is 0 Å². The average molecular weight is 398 g/mol. The van der Waals surface area contributed by atoms with Crippen LogP contribution >= 0.6 is 0 Å². The molecule has 0 aliphatic carbocycles. The third-order valence-electron chi connectivity index (χ3n) is 4.96. The van der Waals surface area contributed by atoms with Gasteiger partial charge in [-0.2, -0.15) is 0 Å². The van der Waals surface area contributed by atoms with Crippen molar-refractivity contribution in [2.45, 2.75) is 19.6 Å². The summed E-state index contributed by atoms with van der Waals surface area (Å²) in [5, 5.41) is 2.75. The van der Waals surface area contributed by atoms with Crippen LogP contribution in [-0.2, 0) is 19.6 Å². The van der Waals surface area contributed by atoms with E-state index in [9.17, 15) is 9.18 Å². The van der Waals surface area contributed by atoms with E-state index >= 15 is 0 Å². The van der Waals surface area contributed by atoms with E-state index in [2.05, 4.69) is 20.1 Å². The predicted octanol–water partition coefficient (Wildman–Crippen LogP) is 2.65. The highest BCUT2D eigenvalue weighted by atomic mass is 19.1. The van der Waals surface area contributed by atoms with Gasteiger partial charge in [0.15, 0.2) is 5.69 Å². The number of nitrogens with zero attached hydrogens (tertiary/aromatic N) is 3. The van der Waals surface area contributed by atoms with Crippen LogP contribution in [-0.4, -0.2) is 46.9 Å². The molecule has 0 bridgehead atoms. The molecule has 1 amide bonds. The number of carbonyl (C=O) groups is 1. The molecule has 7 nitrogen and oxygen atoms in total. The number of carbonyl (C=O) groups excluding carboxylic acids is 1. The van der Waals surface area contributed by atoms with Gasteiger partial charge in [-0.3, -0.25) is 14.6 Å². The van der Waals surface area contributed by atoms with Gasteiger partial charge in [-0.05, 0) is 18.2 Å². The van der Waals surface area contributed by atoms with E-state index in [1.54, 1.807) is 24.5 Å². The van der Waals surface area contributed by atoms with Gasteiger partial charge in [0.25, 0.3) is 5.91 Å². The molecule has 4 rings (SSSR count). The van der Waals surface area contributed by atoms with Crippen LogP contribution in [0.4, 0.5) is 4.39 Å². The van der Waals surface area contributed by atoms with Crippen LogP contribution < -0.4 is 5.32 Å². The van der Waals surface area contributed by atoms with Gasteiger partial charge in [0, 0.05) is 38.3 Å². The molecule has 0 saturated carbocycles. The molecule has 2 aromatic heterocycles. The maximum Gasteiger partial charge on any atom is 0.273 e. The maximum atomic E-state index is 13.8. The normalized spacial score (nSPS) is 15.5. The Morgan fingerprint density at radius 2 is 1.79 bits per heavy atom. The molecule has 3 aromatic rings. The summed E-state index contributed by atoms with van der Waals surface area (Å²) in [5.74, 6) is 0.727. The van der Waals surface area contributed by atoms with E-state index in [1.807, 2.05) is 12.1 Å². The summed E-state index contributed by atoms with van der Waals surface area (Å²) in [5.41, 5.74) is 0.976. The van der Waals surface area contributed by atoms with Crippen molar-refractivity contribution in [2.75, 3.05) is 26.2 Å². The molecule has 0 spiro atoms. The summed E-state index contributed by atoms with van der Waals surface area (Å²) in [4.78, 5) is 20.9. The van der Waals surface area contributed by atoms with Gasteiger partial charge in [-0.15, -0.1) is 0 Å². The van der Waals surface area contributed by atoms with Gasteiger partial charge in [-0.25, -0.2) is 9.37 Å². The van der Waals surface area contributed by atoms with Crippen LogP contribution in [0.15, 0.2) is 57.8 Å². The van der Waals surface area contributed by atoms with E-state index in [4.69, 9.17) is 8.83 Å². The molecule has 29 heavy (non-hydrogen) atoms. The molecule has 8 heteroatoms. The van der Waals surface area contributed by atoms with Gasteiger partial charge in [0.2, 0.25) is 5.89 Å². The third-order valence-corrected chi connectivity index (χ3v) is 4.96. The second-order valence-electron chi connectivity index (χ2n) is 7.03. The summed E-state index contributed by atoms with van der Waals surface area (Å²) >= 11 is 0. The number of benzene rings is 1. The number of hydrogen-bond acceptors (Lipinski definition) is 6. The average Bonchev–Trinajstić information content (AvgIpc) is 3.42. The lowest BCUT2D eigenvalue weighted by Crippen LogP contribution is -2.45. The zero-order valence-corrected chi connectivity index (χ0v) is 16.0. The molecule has 1 N–H and O–H groups in total. The lowest BCUT2D eigenvalue weighted by Gasteiger charge is -2.34. The van der Waals surface area contributed by atoms with Crippen LogP contribution in [0.3, 0.4) is 0 Å². The highest BCUT2D eigenvalue weighted by Gasteiger charge is 2.20. The number of hydrogen-bond donors (Lipinski definition) is 1. The first kappa shape index (κ1) is 19.4. The van der Waals surface area contributed by atoms with Crippen molar-refractivity contribution in [3.8, 4) is 0 Å². The van der Waals surface area contributed by atoms with Crippen molar-refractivity contribution in [3.63, 3.8) is 0 Å². The number of rotatable bonds is 7. The quantitative estimate of drug-likeness (QED) is 0.660. The summed E-state index contributed by atoms with van der Waals surface area (Å²) in [6.07, 6.45) is 2.94. The van der Waals surface area contributed by atoms with Crippen LogP contribution in [0.2, 0.25) is 0 Å². The monoisotopic (exact) mass is 398 g/mol. The second kappa shape index (κ2) is 9.02. The van der Waals surface area contributed by atoms with E-state index < -0.39 is 0 Å². The van der Waals surface area contributed by atoms with E-state index in [-0.39, 0.29) is 17.4 Å². The van der Waals surface area contributed by atoms with Crippen molar-refractivity contribution in [1.82, 2.24) is 20.1 Å². The fraction of sp³-hybridized carbons (Fsp3) is 0.333. The zero-order chi connectivity index (χ0) is 20.1. The Bertz CT molecular complexity index is 933. The van der Waals surface area contributed by atoms with Crippen molar-refractivity contribution < 1.29 is 18.0 Å². The number of halogens is 1. The highest BCUT2D eigenvalue weighted by molar-refractivity contribution is 5.91. The highest BCUT2D eigenvalue weighted by Crippen LogP contribution is 2.14. The van der Waals surface area contributed by atoms with Crippen LogP contribution in [0.5, 0.6) is 0 Å². The maximum absolute atomic E-state index is 13.8. The number of aromatic nitrogens is 1. The number of piperazine rings is 1. The summed E-state index contributed by atoms with van der Waals surface area (Å²) in [7, 11) is 0. The van der Waals surface area contributed by atoms with E-state index in [0.717, 1.165) is 31.7 Å². The van der Waals surface area contributed by atoms with Gasteiger partial charge >= 0.3 is 0 Å². The fourth-order valence-electron chi connectivity index (χ4n) is 3.32. The number of nitrogens with one attached hydrogen (secondary N) is 1. The SMILES string of the molecule is O=C(NCc1ccco1)c1coc(CN2CCN(Cc3ccccc3F)CC2)n1. The Morgan fingerprint density at radius 3 is 2.52 bits per heavy atom. The molecular formula is C21H23FN4O3. The molecule has 1 aliphatic heterocycles. The first-order valence-electron chi connectivity index (χ1n) is 9.60. The van der Waals surface area contributed by atoms with Crippen LogP contribution in [0.1, 0.15) is 27.7 Å². The first-order valence-corrected chi connectivity index (χ1v) is 9.60. The minimum atomic E-state index is -0.300. The van der Waals surface area contributed by atoms with Crippen LogP contribution in [0, 0.1) is 5.82 Å². The second-order valence-corrected chi connectivity index (χ2v) is 7.03. The van der Waals surface area contributed by atoms with Crippen molar-refractivity contribution in [1.29, 1.82) is 0 Å². The predicted molar refractivity (Wildman–Crippen MR) is 103 cm³/mol. The summed E-state index contributed by atoms with van der Waals surface area (Å²) in [6.45, 7) is 4.79. The Balaban J connectivity index is 1.23. The number of oxazole rings is 1. The molecule has 152 valence electrons. The van der Waals surface area contributed by atoms with E-state index in [1.165, 1.54) is 12.3 Å². The van der Waals surface area contributed by atoms with Crippen molar-refractivity contribution in [2.24, 2.45) is 0 Å². The molecule has 0 atom stereocenters. The molecule has 1 aromatic carbocycles. The smallest absolute Gasteiger partial charge is 0.273 e. The fourth-order valence-corrected chi connectivity index (χ4v) is 3.32. The molecule has 0 radical (unpaired) electrons. The molecule has 1 saturated heterocycles. The topological polar surface area (TPSA) is 74.8 Å². The van der Waals surface area contributed by atoms with Gasteiger partial charge in [0.1, 0.15) is 17.8 Å². The molecule has 1 aliphatic rings. The van der Waals surface area contributed by atoms with Gasteiger partial charge < -0.3 is 14.2 Å². The summed E-state index contributed by atoms with van der Waals surface area (Å²) in [6, 6.07) is 10.5. The lowest BCUT2D eigenvalue weighted by molar-refractivity contribution is 0.0942. The summed E-state index contributed by atoms with van der Waals surface area (Å²) < 4.78 is 24.5. The minimum absolute atomic E-state index is 0.160. The largest absolute Gasteiger partial charge is 0.467 e. The Hall–Kier alpha value is -2.97. The molecule has 0 unspecified atom stereocenters.